The van der Waals surface area contributed by atoms with E-state index in [1.165, 1.54) is 4.31 Å². The molecule has 0 saturated carbocycles. The monoisotopic (exact) mass is 438 g/mol. The Labute approximate surface area is 179 Å². The number of nitrogens with one attached hydrogen (secondary N) is 1. The maximum Gasteiger partial charge on any atom is 0.243 e. The van der Waals surface area contributed by atoms with Gasteiger partial charge in [-0.2, -0.15) is 4.31 Å². The zero-order chi connectivity index (χ0) is 22.3. The number of sulfonamides is 1. The number of carbonyl (C=O) groups is 1. The number of carbonyl (C=O) groups excluding carboxylic acids is 1. The predicted molar refractivity (Wildman–Crippen MR) is 118 cm³/mol. The summed E-state index contributed by atoms with van der Waals surface area (Å²) in [5.74, 6) is 0.720. The van der Waals surface area contributed by atoms with Crippen molar-refractivity contribution in [1.29, 1.82) is 0 Å². The number of imidazole rings is 1. The van der Waals surface area contributed by atoms with Crippen molar-refractivity contribution in [2.75, 3.05) is 26.2 Å². The number of aromatic nitrogens is 2. The molecule has 0 atom stereocenters. The fraction of sp³-hybridized carbons (Fsp3) is 0.619. The smallest absolute Gasteiger partial charge is 0.243 e. The van der Waals surface area contributed by atoms with Crippen molar-refractivity contribution < 1.29 is 17.9 Å². The van der Waals surface area contributed by atoms with E-state index in [0.29, 0.717) is 44.6 Å². The molecular formula is C21H34N4O4S. The van der Waals surface area contributed by atoms with Crippen LogP contribution in [0.25, 0.3) is 11.0 Å². The number of aryl methyl sites for hydroxylation is 2. The third kappa shape index (κ3) is 6.02. The normalized spacial score (nSPS) is 12.2. The molecule has 2 aromatic rings. The summed E-state index contributed by atoms with van der Waals surface area (Å²) in [6.07, 6.45) is 1.78. The van der Waals surface area contributed by atoms with Gasteiger partial charge in [-0.3, -0.25) is 4.79 Å². The Morgan fingerprint density at radius 3 is 2.60 bits per heavy atom. The van der Waals surface area contributed by atoms with Crippen molar-refractivity contribution in [2.24, 2.45) is 7.05 Å². The highest BCUT2D eigenvalue weighted by Gasteiger charge is 2.22. The molecule has 1 aromatic heterocycles. The van der Waals surface area contributed by atoms with E-state index in [9.17, 15) is 13.2 Å². The van der Waals surface area contributed by atoms with Crippen LogP contribution in [0.3, 0.4) is 0 Å². The lowest BCUT2D eigenvalue weighted by molar-refractivity contribution is -0.121. The number of rotatable bonds is 12. The summed E-state index contributed by atoms with van der Waals surface area (Å²) in [4.78, 5) is 16.9. The van der Waals surface area contributed by atoms with Gasteiger partial charge in [0.1, 0.15) is 5.82 Å². The summed E-state index contributed by atoms with van der Waals surface area (Å²) >= 11 is 0. The van der Waals surface area contributed by atoms with E-state index in [4.69, 9.17) is 4.74 Å². The standard InChI is InChI=1S/C21H34N4O4S/c1-6-25(7-2)30(27,28)17-9-10-19-18(15-17)23-20(24(19)5)11-12-21(26)22-13-8-14-29-16(3)4/h9-10,15-16H,6-8,11-14H2,1-5H3,(H,22,26). The number of benzene rings is 1. The van der Waals surface area contributed by atoms with E-state index in [-0.39, 0.29) is 16.9 Å². The summed E-state index contributed by atoms with van der Waals surface area (Å²) in [6.45, 7) is 9.66. The van der Waals surface area contributed by atoms with Gasteiger partial charge in [0.05, 0.1) is 22.0 Å². The zero-order valence-corrected chi connectivity index (χ0v) is 19.5. The molecule has 1 N–H and O–H groups in total. The lowest BCUT2D eigenvalue weighted by Gasteiger charge is -2.18. The molecule has 0 saturated heterocycles. The average Bonchev–Trinajstić information content (AvgIpc) is 3.01. The van der Waals surface area contributed by atoms with E-state index in [0.717, 1.165) is 17.8 Å². The molecule has 8 nitrogen and oxygen atoms in total. The molecule has 0 bridgehead atoms. The highest BCUT2D eigenvalue weighted by atomic mass is 32.2. The Hall–Kier alpha value is -1.97. The van der Waals surface area contributed by atoms with Crippen molar-refractivity contribution in [3.63, 3.8) is 0 Å². The highest BCUT2D eigenvalue weighted by Crippen LogP contribution is 2.22. The molecule has 0 aliphatic carbocycles. The van der Waals surface area contributed by atoms with Gasteiger partial charge in [0.25, 0.3) is 0 Å². The average molecular weight is 439 g/mol. The first-order chi connectivity index (χ1) is 14.2. The lowest BCUT2D eigenvalue weighted by atomic mass is 10.2. The molecule has 9 heteroatoms. The summed E-state index contributed by atoms with van der Waals surface area (Å²) in [7, 11) is -1.65. The quantitative estimate of drug-likeness (QED) is 0.514. The lowest BCUT2D eigenvalue weighted by Crippen LogP contribution is -2.30. The first-order valence-electron chi connectivity index (χ1n) is 10.5. The minimum Gasteiger partial charge on any atom is -0.379 e. The first-order valence-corrected chi connectivity index (χ1v) is 12.0. The molecular weight excluding hydrogens is 404 g/mol. The Morgan fingerprint density at radius 2 is 1.97 bits per heavy atom. The number of hydrogen-bond acceptors (Lipinski definition) is 5. The maximum absolute atomic E-state index is 12.8. The van der Waals surface area contributed by atoms with Crippen LogP contribution in [0.5, 0.6) is 0 Å². The Bertz CT molecular complexity index is 949. The van der Waals surface area contributed by atoms with Gasteiger partial charge in [-0.25, -0.2) is 13.4 Å². The van der Waals surface area contributed by atoms with Gasteiger partial charge >= 0.3 is 0 Å². The number of amides is 1. The van der Waals surface area contributed by atoms with Gasteiger partial charge < -0.3 is 14.6 Å². The van der Waals surface area contributed by atoms with Crippen molar-refractivity contribution in [2.45, 2.75) is 58.0 Å². The van der Waals surface area contributed by atoms with Crippen molar-refractivity contribution in [3.8, 4) is 0 Å². The largest absolute Gasteiger partial charge is 0.379 e. The molecule has 0 aliphatic rings. The van der Waals surface area contributed by atoms with E-state index >= 15 is 0 Å². The van der Waals surface area contributed by atoms with Crippen molar-refractivity contribution >= 4 is 27.0 Å². The van der Waals surface area contributed by atoms with E-state index in [1.54, 1.807) is 18.2 Å². The molecule has 0 radical (unpaired) electrons. The Morgan fingerprint density at radius 1 is 1.27 bits per heavy atom. The predicted octanol–water partition coefficient (Wildman–Crippen LogP) is 2.47. The topological polar surface area (TPSA) is 93.5 Å². The van der Waals surface area contributed by atoms with E-state index in [2.05, 4.69) is 10.3 Å². The van der Waals surface area contributed by atoms with Gasteiger partial charge in [-0.1, -0.05) is 13.8 Å². The SMILES string of the molecule is CCN(CC)S(=O)(=O)c1ccc2c(c1)nc(CCC(=O)NCCCOC(C)C)n2C. The number of nitrogens with zero attached hydrogens (tertiary/aromatic N) is 3. The van der Waals surface area contributed by atoms with Gasteiger partial charge in [0, 0.05) is 46.1 Å². The number of ether oxygens (including phenoxy) is 1. The van der Waals surface area contributed by atoms with Gasteiger partial charge in [-0.05, 0) is 38.5 Å². The minimum atomic E-state index is -3.53. The van der Waals surface area contributed by atoms with Gasteiger partial charge in [0.15, 0.2) is 0 Å². The van der Waals surface area contributed by atoms with Crippen LogP contribution in [-0.4, -0.2) is 60.5 Å². The third-order valence-corrected chi connectivity index (χ3v) is 7.00. The van der Waals surface area contributed by atoms with Crippen LogP contribution in [0.2, 0.25) is 0 Å². The highest BCUT2D eigenvalue weighted by molar-refractivity contribution is 7.89. The molecule has 0 aliphatic heterocycles. The fourth-order valence-electron chi connectivity index (χ4n) is 3.26. The molecule has 1 aromatic carbocycles. The van der Waals surface area contributed by atoms with Crippen LogP contribution < -0.4 is 5.32 Å². The molecule has 1 heterocycles. The molecule has 0 unspecified atom stereocenters. The molecule has 168 valence electrons. The summed E-state index contributed by atoms with van der Waals surface area (Å²) in [6, 6.07) is 5.01. The van der Waals surface area contributed by atoms with Crippen molar-refractivity contribution in [1.82, 2.24) is 19.2 Å². The third-order valence-electron chi connectivity index (χ3n) is 4.96. The minimum absolute atomic E-state index is 0.0311. The second-order valence-corrected chi connectivity index (χ2v) is 9.39. The Balaban J connectivity index is 2.02. The van der Waals surface area contributed by atoms with Gasteiger partial charge in [0.2, 0.25) is 15.9 Å². The number of fused-ring (bicyclic) bond motifs is 1. The second-order valence-electron chi connectivity index (χ2n) is 7.45. The molecule has 1 amide bonds. The second kappa shape index (κ2) is 10.9. The van der Waals surface area contributed by atoms with Crippen molar-refractivity contribution in [3.05, 3.63) is 24.0 Å². The summed E-state index contributed by atoms with van der Waals surface area (Å²) < 4.78 is 34.3. The van der Waals surface area contributed by atoms with Crippen LogP contribution in [0.4, 0.5) is 0 Å². The van der Waals surface area contributed by atoms with Crippen LogP contribution in [0.15, 0.2) is 23.1 Å². The van der Waals surface area contributed by atoms with Crippen LogP contribution >= 0.6 is 0 Å². The molecule has 0 fully saturated rings. The number of hydrogen-bond donors (Lipinski definition) is 1. The molecule has 30 heavy (non-hydrogen) atoms. The van der Waals surface area contributed by atoms with Crippen LogP contribution in [0, 0.1) is 0 Å². The van der Waals surface area contributed by atoms with Gasteiger partial charge in [-0.15, -0.1) is 0 Å². The maximum atomic E-state index is 12.8. The summed E-state index contributed by atoms with van der Waals surface area (Å²) in [5, 5.41) is 2.89. The van der Waals surface area contributed by atoms with E-state index < -0.39 is 10.0 Å². The molecule has 0 spiro atoms. The molecule has 2 rings (SSSR count). The van der Waals surface area contributed by atoms with E-state index in [1.807, 2.05) is 39.3 Å². The fourth-order valence-corrected chi connectivity index (χ4v) is 4.74. The first kappa shape index (κ1) is 24.3. The Kier molecular flexibility index (Phi) is 8.81. The zero-order valence-electron chi connectivity index (χ0n) is 18.6. The summed E-state index contributed by atoms with van der Waals surface area (Å²) in [5.41, 5.74) is 1.46. The van der Waals surface area contributed by atoms with Crippen LogP contribution in [0.1, 0.15) is 46.4 Å². The van der Waals surface area contributed by atoms with Crippen LogP contribution in [-0.2, 0) is 33.0 Å².